The normalized spacial score (nSPS) is 13.7. The second kappa shape index (κ2) is 7.64. The number of hydrogen-bond acceptors (Lipinski definition) is 3. The van der Waals surface area contributed by atoms with Crippen LogP contribution >= 0.6 is 0 Å². The summed E-state index contributed by atoms with van der Waals surface area (Å²) in [4.78, 5) is 0. The average Bonchev–Trinajstić information content (AvgIpc) is 2.63. The van der Waals surface area contributed by atoms with Gasteiger partial charge < -0.3 is 10.1 Å². The summed E-state index contributed by atoms with van der Waals surface area (Å²) in [5, 5.41) is 7.44. The Labute approximate surface area is 117 Å². The van der Waals surface area contributed by atoms with Gasteiger partial charge in [0.1, 0.15) is 6.61 Å². The Hall–Kier alpha value is -1.08. The molecular formula is C13H22F3N3O. The molecule has 0 aliphatic rings. The molecule has 1 unspecified atom stereocenters. The van der Waals surface area contributed by atoms with E-state index in [1.807, 2.05) is 27.0 Å². The molecule has 0 fully saturated rings. The molecule has 0 aliphatic carbocycles. The topological polar surface area (TPSA) is 39.1 Å². The first-order valence-electron chi connectivity index (χ1n) is 6.69. The molecule has 1 N–H and O–H groups in total. The molecule has 0 spiro atoms. The molecule has 7 heteroatoms. The summed E-state index contributed by atoms with van der Waals surface area (Å²) in [6.07, 6.45) is -2.77. The van der Waals surface area contributed by atoms with Crippen LogP contribution in [0.3, 0.4) is 0 Å². The van der Waals surface area contributed by atoms with E-state index in [0.29, 0.717) is 6.42 Å². The Morgan fingerprint density at radius 2 is 2.15 bits per heavy atom. The van der Waals surface area contributed by atoms with Crippen LogP contribution in [-0.4, -0.2) is 41.8 Å². The average molecular weight is 293 g/mol. The van der Waals surface area contributed by atoms with Gasteiger partial charge in [-0.3, -0.25) is 4.68 Å². The summed E-state index contributed by atoms with van der Waals surface area (Å²) >= 11 is 0. The van der Waals surface area contributed by atoms with Crippen LogP contribution < -0.4 is 5.32 Å². The zero-order valence-electron chi connectivity index (χ0n) is 12.1. The highest BCUT2D eigenvalue weighted by molar-refractivity contribution is 5.10. The number of ether oxygens (including phenoxy) is 1. The summed E-state index contributed by atoms with van der Waals surface area (Å²) in [6, 6.07) is 1.79. The maximum Gasteiger partial charge on any atom is 0.411 e. The van der Waals surface area contributed by atoms with E-state index in [1.54, 1.807) is 4.68 Å². The molecule has 1 aromatic rings. The monoisotopic (exact) mass is 293 g/mol. The molecule has 1 rings (SSSR count). The van der Waals surface area contributed by atoms with Gasteiger partial charge in [-0.15, -0.1) is 0 Å². The number of halogens is 3. The zero-order valence-corrected chi connectivity index (χ0v) is 12.1. The minimum absolute atomic E-state index is 0.0315. The predicted octanol–water partition coefficient (Wildman–Crippen LogP) is 2.22. The summed E-state index contributed by atoms with van der Waals surface area (Å²) in [5.41, 5.74) is 1.87. The van der Waals surface area contributed by atoms with Crippen molar-refractivity contribution >= 4 is 0 Å². The zero-order chi connectivity index (χ0) is 15.2. The summed E-state index contributed by atoms with van der Waals surface area (Å²) in [6.45, 7) is 3.47. The maximum atomic E-state index is 12.1. The van der Waals surface area contributed by atoms with Crippen LogP contribution in [0.1, 0.15) is 24.7 Å². The van der Waals surface area contributed by atoms with Crippen molar-refractivity contribution in [3.05, 3.63) is 17.5 Å². The Bertz CT molecular complexity index is 404. The van der Waals surface area contributed by atoms with E-state index < -0.39 is 12.8 Å². The standard InChI is InChI=1S/C13H22F3N3O/c1-4-5-17-11(8-20-9-13(14,15)16)7-12-6-10(2)18-19(12)3/h6,11,17H,4-5,7-9H2,1-3H3. The SMILES string of the molecule is CCCNC(COCC(F)(F)F)Cc1cc(C)nn1C. The molecule has 20 heavy (non-hydrogen) atoms. The Morgan fingerprint density at radius 1 is 1.45 bits per heavy atom. The van der Waals surface area contributed by atoms with Crippen LogP contribution in [0.5, 0.6) is 0 Å². The van der Waals surface area contributed by atoms with Crippen LogP contribution in [0.15, 0.2) is 6.07 Å². The lowest BCUT2D eigenvalue weighted by Crippen LogP contribution is -2.37. The highest BCUT2D eigenvalue weighted by Crippen LogP contribution is 2.15. The third-order valence-electron chi connectivity index (χ3n) is 2.82. The van der Waals surface area contributed by atoms with Crippen LogP contribution in [0.4, 0.5) is 13.2 Å². The first-order chi connectivity index (χ1) is 9.31. The van der Waals surface area contributed by atoms with Crippen LogP contribution in [-0.2, 0) is 18.2 Å². The fraction of sp³-hybridized carbons (Fsp3) is 0.769. The summed E-state index contributed by atoms with van der Waals surface area (Å²) in [7, 11) is 1.83. The second-order valence-corrected chi connectivity index (χ2v) is 4.89. The van der Waals surface area contributed by atoms with Crippen LogP contribution in [0, 0.1) is 6.92 Å². The molecule has 0 bridgehead atoms. The van der Waals surface area contributed by atoms with Gasteiger partial charge in [0.2, 0.25) is 0 Å². The van der Waals surface area contributed by atoms with Crippen LogP contribution in [0.2, 0.25) is 0 Å². The fourth-order valence-corrected chi connectivity index (χ4v) is 1.96. The second-order valence-electron chi connectivity index (χ2n) is 4.89. The minimum atomic E-state index is -4.28. The van der Waals surface area contributed by atoms with E-state index in [0.717, 1.165) is 24.4 Å². The van der Waals surface area contributed by atoms with Gasteiger partial charge in [0.05, 0.1) is 12.3 Å². The Balaban J connectivity index is 2.53. The van der Waals surface area contributed by atoms with Gasteiger partial charge in [-0.25, -0.2) is 0 Å². The van der Waals surface area contributed by atoms with Crippen molar-refractivity contribution < 1.29 is 17.9 Å². The smallest absolute Gasteiger partial charge is 0.370 e. The van der Waals surface area contributed by atoms with Gasteiger partial charge in [-0.2, -0.15) is 18.3 Å². The molecule has 1 aromatic heterocycles. The highest BCUT2D eigenvalue weighted by atomic mass is 19.4. The molecule has 1 heterocycles. The van der Waals surface area contributed by atoms with Crippen LogP contribution in [0.25, 0.3) is 0 Å². The number of alkyl halides is 3. The fourth-order valence-electron chi connectivity index (χ4n) is 1.96. The number of nitrogens with zero attached hydrogens (tertiary/aromatic N) is 2. The van der Waals surface area contributed by atoms with Crippen molar-refractivity contribution in [1.29, 1.82) is 0 Å². The van der Waals surface area contributed by atoms with E-state index in [4.69, 9.17) is 4.74 Å². The third kappa shape index (κ3) is 6.38. The van der Waals surface area contributed by atoms with Gasteiger partial charge in [0.25, 0.3) is 0 Å². The molecular weight excluding hydrogens is 271 g/mol. The van der Waals surface area contributed by atoms with Gasteiger partial charge in [-0.1, -0.05) is 6.92 Å². The third-order valence-corrected chi connectivity index (χ3v) is 2.82. The van der Waals surface area contributed by atoms with Gasteiger partial charge in [0, 0.05) is 25.2 Å². The van der Waals surface area contributed by atoms with Crippen molar-refractivity contribution in [1.82, 2.24) is 15.1 Å². The summed E-state index contributed by atoms with van der Waals surface area (Å²) < 4.78 is 42.8. The number of hydrogen-bond donors (Lipinski definition) is 1. The lowest BCUT2D eigenvalue weighted by molar-refractivity contribution is -0.175. The molecule has 0 amide bonds. The first kappa shape index (κ1) is 17.0. The lowest BCUT2D eigenvalue weighted by Gasteiger charge is -2.19. The van der Waals surface area contributed by atoms with E-state index in [-0.39, 0.29) is 12.6 Å². The predicted molar refractivity (Wildman–Crippen MR) is 70.6 cm³/mol. The minimum Gasteiger partial charge on any atom is -0.370 e. The highest BCUT2D eigenvalue weighted by Gasteiger charge is 2.28. The van der Waals surface area contributed by atoms with E-state index >= 15 is 0 Å². The molecule has 0 aliphatic heterocycles. The van der Waals surface area contributed by atoms with Crippen molar-refractivity contribution in [3.63, 3.8) is 0 Å². The molecule has 0 radical (unpaired) electrons. The molecule has 0 aromatic carbocycles. The lowest BCUT2D eigenvalue weighted by atomic mass is 10.1. The van der Waals surface area contributed by atoms with Gasteiger partial charge >= 0.3 is 6.18 Å². The Morgan fingerprint density at radius 3 is 2.65 bits per heavy atom. The quantitative estimate of drug-likeness (QED) is 0.799. The van der Waals surface area contributed by atoms with Crippen molar-refractivity contribution in [3.8, 4) is 0 Å². The van der Waals surface area contributed by atoms with E-state index in [9.17, 15) is 13.2 Å². The van der Waals surface area contributed by atoms with E-state index in [1.165, 1.54) is 0 Å². The largest absolute Gasteiger partial charge is 0.411 e. The van der Waals surface area contributed by atoms with Crippen molar-refractivity contribution in [2.45, 2.75) is 38.9 Å². The number of aryl methyl sites for hydroxylation is 2. The molecule has 0 saturated heterocycles. The molecule has 116 valence electrons. The van der Waals surface area contributed by atoms with Gasteiger partial charge in [0.15, 0.2) is 0 Å². The van der Waals surface area contributed by atoms with Crippen molar-refractivity contribution in [2.24, 2.45) is 7.05 Å². The van der Waals surface area contributed by atoms with Crippen molar-refractivity contribution in [2.75, 3.05) is 19.8 Å². The molecule has 4 nitrogen and oxygen atoms in total. The number of rotatable bonds is 8. The molecule has 1 atom stereocenters. The number of aromatic nitrogens is 2. The molecule has 0 saturated carbocycles. The maximum absolute atomic E-state index is 12.1. The number of nitrogens with one attached hydrogen (secondary N) is 1. The summed E-state index contributed by atoms with van der Waals surface area (Å²) in [5.74, 6) is 0. The Kier molecular flexibility index (Phi) is 6.48. The first-order valence-corrected chi connectivity index (χ1v) is 6.69. The van der Waals surface area contributed by atoms with Gasteiger partial charge in [-0.05, 0) is 26.0 Å². The van der Waals surface area contributed by atoms with E-state index in [2.05, 4.69) is 10.4 Å².